The minimum absolute atomic E-state index is 0.0693. The Hall–Kier alpha value is -2.76. The molecule has 0 spiro atoms. The van der Waals surface area contributed by atoms with Crippen molar-refractivity contribution in [3.63, 3.8) is 0 Å². The van der Waals surface area contributed by atoms with Gasteiger partial charge in [0.1, 0.15) is 12.4 Å². The second-order valence-corrected chi connectivity index (χ2v) is 10.6. The van der Waals surface area contributed by atoms with E-state index >= 15 is 0 Å². The molecule has 1 aromatic carbocycles. The summed E-state index contributed by atoms with van der Waals surface area (Å²) in [5, 5.41) is 9.65. The van der Waals surface area contributed by atoms with E-state index in [1.54, 1.807) is 17.0 Å². The summed E-state index contributed by atoms with van der Waals surface area (Å²) in [7, 11) is 0. The van der Waals surface area contributed by atoms with Gasteiger partial charge in [0, 0.05) is 41.3 Å². The van der Waals surface area contributed by atoms with E-state index < -0.39 is 11.9 Å². The molecule has 5 nitrogen and oxygen atoms in total. The van der Waals surface area contributed by atoms with E-state index in [1.807, 2.05) is 27.7 Å². The van der Waals surface area contributed by atoms with Crippen LogP contribution in [0.25, 0.3) is 0 Å². The number of aliphatic carboxylic acids is 1. The molecule has 0 fully saturated rings. The zero-order valence-electron chi connectivity index (χ0n) is 18.4. The molecule has 0 saturated heterocycles. The van der Waals surface area contributed by atoms with Crippen LogP contribution in [0.5, 0.6) is 0 Å². The zero-order valence-corrected chi connectivity index (χ0v) is 18.4. The maximum atomic E-state index is 13.7. The van der Waals surface area contributed by atoms with E-state index in [0.29, 0.717) is 53.8 Å². The van der Waals surface area contributed by atoms with Gasteiger partial charge in [-0.05, 0) is 41.4 Å². The summed E-state index contributed by atoms with van der Waals surface area (Å²) >= 11 is 0. The molecule has 1 heterocycles. The number of allylic oxidation sites excluding steroid dienone is 4. The molecule has 1 aromatic rings. The third kappa shape index (κ3) is 3.84. The average Bonchev–Trinajstić information content (AvgIpc) is 2.61. The molecule has 1 N–H and O–H groups in total. The first kappa shape index (κ1) is 21.5. The second kappa shape index (κ2) is 7.14. The molecule has 164 valence electrons. The predicted octanol–water partition coefficient (Wildman–Crippen LogP) is 4.60. The number of nitrogens with zero attached hydrogens (tertiary/aromatic N) is 1. The summed E-state index contributed by atoms with van der Waals surface area (Å²) in [5.74, 6) is -2.11. The number of hydrogen-bond acceptors (Lipinski definition) is 4. The predicted molar refractivity (Wildman–Crippen MR) is 114 cm³/mol. The molecule has 0 unspecified atom stereocenters. The molecular formula is C25H28FNO4. The fourth-order valence-corrected chi connectivity index (χ4v) is 5.36. The van der Waals surface area contributed by atoms with Crippen LogP contribution in [-0.2, 0) is 14.4 Å². The number of halogens is 1. The van der Waals surface area contributed by atoms with Gasteiger partial charge >= 0.3 is 5.97 Å². The summed E-state index contributed by atoms with van der Waals surface area (Å²) < 4.78 is 13.7. The van der Waals surface area contributed by atoms with Crippen LogP contribution in [0.4, 0.5) is 4.39 Å². The number of carboxylic acid groups (broad SMARTS) is 1. The Labute approximate surface area is 181 Å². The fourth-order valence-electron chi connectivity index (χ4n) is 5.36. The summed E-state index contributed by atoms with van der Waals surface area (Å²) in [5.41, 5.74) is 2.46. The van der Waals surface area contributed by atoms with Crippen LogP contribution >= 0.6 is 0 Å². The third-order valence-corrected chi connectivity index (χ3v) is 6.52. The Morgan fingerprint density at radius 2 is 1.39 bits per heavy atom. The molecule has 2 aliphatic carbocycles. The highest BCUT2D eigenvalue weighted by Crippen LogP contribution is 2.54. The fraction of sp³-hybridized carbons (Fsp3) is 0.480. The topological polar surface area (TPSA) is 74.7 Å². The van der Waals surface area contributed by atoms with E-state index in [-0.39, 0.29) is 34.8 Å². The van der Waals surface area contributed by atoms with Crippen molar-refractivity contribution in [2.45, 2.75) is 59.3 Å². The van der Waals surface area contributed by atoms with Gasteiger partial charge in [-0.1, -0.05) is 39.8 Å². The standard InChI is InChI=1S/C25H28FNO4/c1-24(2)9-16-22(18(28)11-24)21(14-5-7-15(26)8-6-14)23-17(27(16)13-20(30)31)10-25(3,4)12-19(23)29/h5-8,21H,9-13H2,1-4H3,(H,30,31). The van der Waals surface area contributed by atoms with Gasteiger partial charge in [-0.15, -0.1) is 0 Å². The lowest BCUT2D eigenvalue weighted by Crippen LogP contribution is -2.45. The number of carboxylic acids is 1. The van der Waals surface area contributed by atoms with E-state index in [2.05, 4.69) is 0 Å². The highest BCUT2D eigenvalue weighted by Gasteiger charge is 2.49. The number of carbonyl (C=O) groups excluding carboxylic acids is 2. The first-order chi connectivity index (χ1) is 14.4. The van der Waals surface area contributed by atoms with Gasteiger partial charge < -0.3 is 10.0 Å². The number of Topliss-reactive ketones (excluding diaryl/α,β-unsaturated/α-hetero) is 2. The van der Waals surface area contributed by atoms with Gasteiger partial charge in [0.25, 0.3) is 0 Å². The molecule has 0 bridgehead atoms. The molecule has 1 aliphatic heterocycles. The highest BCUT2D eigenvalue weighted by molar-refractivity contribution is 6.07. The van der Waals surface area contributed by atoms with Crippen LogP contribution in [-0.4, -0.2) is 34.1 Å². The minimum atomic E-state index is -1.01. The van der Waals surface area contributed by atoms with Crippen molar-refractivity contribution in [1.29, 1.82) is 0 Å². The summed E-state index contributed by atoms with van der Waals surface area (Å²) in [4.78, 5) is 40.3. The van der Waals surface area contributed by atoms with Crippen LogP contribution < -0.4 is 0 Å². The second-order valence-electron chi connectivity index (χ2n) is 10.6. The summed E-state index contributed by atoms with van der Waals surface area (Å²) in [6, 6.07) is 5.94. The van der Waals surface area contributed by atoms with Crippen molar-refractivity contribution in [3.05, 3.63) is 58.2 Å². The van der Waals surface area contributed by atoms with Crippen molar-refractivity contribution < 1.29 is 23.9 Å². The van der Waals surface area contributed by atoms with Crippen LogP contribution in [0.3, 0.4) is 0 Å². The maximum absolute atomic E-state index is 13.7. The van der Waals surface area contributed by atoms with Crippen LogP contribution in [0, 0.1) is 16.6 Å². The van der Waals surface area contributed by atoms with Gasteiger partial charge in [-0.25, -0.2) is 4.39 Å². The smallest absolute Gasteiger partial charge is 0.323 e. The molecule has 0 saturated carbocycles. The average molecular weight is 426 g/mol. The van der Waals surface area contributed by atoms with Crippen molar-refractivity contribution >= 4 is 17.5 Å². The van der Waals surface area contributed by atoms with E-state index in [0.717, 1.165) is 0 Å². The Balaban J connectivity index is 2.00. The number of benzene rings is 1. The molecule has 0 atom stereocenters. The molecule has 0 aromatic heterocycles. The molecule has 6 heteroatoms. The molecule has 4 rings (SSSR count). The first-order valence-electron chi connectivity index (χ1n) is 10.7. The molecule has 0 radical (unpaired) electrons. The quantitative estimate of drug-likeness (QED) is 0.766. The molecule has 31 heavy (non-hydrogen) atoms. The normalized spacial score (nSPS) is 23.1. The Morgan fingerprint density at radius 1 is 0.935 bits per heavy atom. The van der Waals surface area contributed by atoms with Crippen molar-refractivity contribution in [2.24, 2.45) is 10.8 Å². The van der Waals surface area contributed by atoms with Crippen LogP contribution in [0.1, 0.15) is 64.9 Å². The third-order valence-electron chi connectivity index (χ3n) is 6.52. The van der Waals surface area contributed by atoms with Gasteiger partial charge in [-0.3, -0.25) is 14.4 Å². The first-order valence-corrected chi connectivity index (χ1v) is 10.7. The lowest BCUT2D eigenvalue weighted by atomic mass is 9.63. The molecule has 0 amide bonds. The minimum Gasteiger partial charge on any atom is -0.480 e. The summed E-state index contributed by atoms with van der Waals surface area (Å²) in [6.45, 7) is 7.71. The molecular weight excluding hydrogens is 397 g/mol. The maximum Gasteiger partial charge on any atom is 0.323 e. The Bertz CT molecular complexity index is 992. The van der Waals surface area contributed by atoms with Crippen LogP contribution in [0.15, 0.2) is 46.8 Å². The number of carbonyl (C=O) groups is 3. The summed E-state index contributed by atoms with van der Waals surface area (Å²) in [6.07, 6.45) is 1.74. The zero-order chi connectivity index (χ0) is 22.7. The van der Waals surface area contributed by atoms with Gasteiger partial charge in [0.15, 0.2) is 11.6 Å². The molecule has 3 aliphatic rings. The van der Waals surface area contributed by atoms with Crippen LogP contribution in [0.2, 0.25) is 0 Å². The Kier molecular flexibility index (Phi) is 4.95. The van der Waals surface area contributed by atoms with Crippen molar-refractivity contribution in [1.82, 2.24) is 4.90 Å². The van der Waals surface area contributed by atoms with E-state index in [4.69, 9.17) is 0 Å². The highest BCUT2D eigenvalue weighted by atomic mass is 19.1. The van der Waals surface area contributed by atoms with E-state index in [9.17, 15) is 23.9 Å². The number of hydrogen-bond donors (Lipinski definition) is 1. The van der Waals surface area contributed by atoms with Crippen molar-refractivity contribution in [3.8, 4) is 0 Å². The Morgan fingerprint density at radius 3 is 1.81 bits per heavy atom. The monoisotopic (exact) mass is 425 g/mol. The van der Waals surface area contributed by atoms with Gasteiger partial charge in [-0.2, -0.15) is 0 Å². The largest absolute Gasteiger partial charge is 0.480 e. The van der Waals surface area contributed by atoms with Crippen molar-refractivity contribution in [2.75, 3.05) is 6.54 Å². The van der Waals surface area contributed by atoms with Gasteiger partial charge in [0.05, 0.1) is 0 Å². The number of rotatable bonds is 3. The van der Waals surface area contributed by atoms with E-state index in [1.165, 1.54) is 12.1 Å². The SMILES string of the molecule is CC1(C)CC(=O)C2=C(C1)N(CC(=O)O)C1=C(C(=O)CC(C)(C)C1)C2c1ccc(F)cc1. The lowest BCUT2D eigenvalue weighted by molar-refractivity contribution is -0.138. The number of ketones is 2. The lowest BCUT2D eigenvalue weighted by Gasteiger charge is -2.48. The van der Waals surface area contributed by atoms with Gasteiger partial charge in [0.2, 0.25) is 0 Å².